The van der Waals surface area contributed by atoms with Crippen molar-refractivity contribution in [2.75, 3.05) is 71.9 Å². The normalized spacial score (nSPS) is 17.3. The van der Waals surface area contributed by atoms with Crippen molar-refractivity contribution < 1.29 is 14.3 Å². The molecule has 2 aliphatic heterocycles. The third kappa shape index (κ3) is 7.23. The molecule has 0 saturated carbocycles. The number of ether oxygens (including phenoxy) is 2. The largest absolute Gasteiger partial charge is 0.493 e. The van der Waals surface area contributed by atoms with Crippen LogP contribution in [0.5, 0.6) is 11.5 Å². The molecule has 0 spiro atoms. The Morgan fingerprint density at radius 2 is 1.82 bits per heavy atom. The van der Waals surface area contributed by atoms with E-state index in [-0.39, 0.29) is 5.91 Å². The maximum atomic E-state index is 12.5. The Bertz CT molecular complexity index is 1240. The van der Waals surface area contributed by atoms with Crippen LogP contribution in [0.2, 0.25) is 0 Å². The van der Waals surface area contributed by atoms with Crippen molar-refractivity contribution in [3.63, 3.8) is 0 Å². The fraction of sp³-hybridized carbons (Fsp3) is 0.500. The third-order valence-electron chi connectivity index (χ3n) is 7.77. The number of carbonyl (C=O) groups excluding carboxylic acids is 1. The number of nitrogens with zero attached hydrogens (tertiary/aromatic N) is 4. The van der Waals surface area contributed by atoms with Gasteiger partial charge in [0, 0.05) is 61.8 Å². The van der Waals surface area contributed by atoms with E-state index in [2.05, 4.69) is 37.4 Å². The van der Waals surface area contributed by atoms with E-state index >= 15 is 0 Å². The van der Waals surface area contributed by atoms with E-state index in [1.807, 2.05) is 36.4 Å². The van der Waals surface area contributed by atoms with Gasteiger partial charge >= 0.3 is 0 Å². The number of anilines is 1. The summed E-state index contributed by atoms with van der Waals surface area (Å²) in [6.45, 7) is 8.11. The minimum atomic E-state index is 0.0722. The standard InChI is InChI=1S/C30H40N6O3/c1-35-13-15-36(16-14-35)12-3-17-39-28-20-26-25(19-27(28)38-2)30(33-21-32-26)23-4-6-24(7-5-23)34-29(37)18-22-8-10-31-11-9-22/h4-7,19-22,31H,3,8-18H2,1-2H3,(H,34,37). The van der Waals surface area contributed by atoms with Gasteiger partial charge in [-0.1, -0.05) is 12.1 Å². The topological polar surface area (TPSA) is 91.8 Å². The molecule has 0 atom stereocenters. The second-order valence-corrected chi connectivity index (χ2v) is 10.6. The van der Waals surface area contributed by atoms with Crippen molar-refractivity contribution >= 4 is 22.5 Å². The Morgan fingerprint density at radius 1 is 1.05 bits per heavy atom. The van der Waals surface area contributed by atoms with Crippen molar-refractivity contribution in [3.8, 4) is 22.8 Å². The lowest BCUT2D eigenvalue weighted by atomic mass is 9.94. The van der Waals surface area contributed by atoms with Gasteiger partial charge in [-0.05, 0) is 63.5 Å². The quantitative estimate of drug-likeness (QED) is 0.383. The number of fused-ring (bicyclic) bond motifs is 1. The number of aromatic nitrogens is 2. The van der Waals surface area contributed by atoms with Gasteiger partial charge in [0.1, 0.15) is 6.33 Å². The zero-order chi connectivity index (χ0) is 27.0. The predicted molar refractivity (Wildman–Crippen MR) is 154 cm³/mol. The van der Waals surface area contributed by atoms with E-state index in [0.29, 0.717) is 30.4 Å². The second kappa shape index (κ2) is 13.2. The number of hydrogen-bond donors (Lipinski definition) is 2. The zero-order valence-corrected chi connectivity index (χ0v) is 23.1. The Kier molecular flexibility index (Phi) is 9.23. The smallest absolute Gasteiger partial charge is 0.224 e. The molecule has 2 aliphatic rings. The highest BCUT2D eigenvalue weighted by Gasteiger charge is 2.18. The first-order valence-corrected chi connectivity index (χ1v) is 14.1. The molecular formula is C30H40N6O3. The summed E-state index contributed by atoms with van der Waals surface area (Å²) in [6.07, 6.45) is 5.22. The molecule has 0 aliphatic carbocycles. The number of methoxy groups -OCH3 is 1. The van der Waals surface area contributed by atoms with Crippen LogP contribution in [0.25, 0.3) is 22.2 Å². The molecule has 39 heavy (non-hydrogen) atoms. The molecule has 9 nitrogen and oxygen atoms in total. The summed E-state index contributed by atoms with van der Waals surface area (Å²) in [4.78, 5) is 26.5. The molecule has 2 saturated heterocycles. The Morgan fingerprint density at radius 3 is 2.56 bits per heavy atom. The van der Waals surface area contributed by atoms with Crippen LogP contribution in [0.15, 0.2) is 42.7 Å². The molecule has 2 N–H and O–H groups in total. The highest BCUT2D eigenvalue weighted by Crippen LogP contribution is 2.35. The van der Waals surface area contributed by atoms with Crippen LogP contribution in [0.3, 0.4) is 0 Å². The van der Waals surface area contributed by atoms with Gasteiger partial charge in [-0.3, -0.25) is 4.79 Å². The summed E-state index contributed by atoms with van der Waals surface area (Å²) in [5.74, 6) is 1.89. The maximum Gasteiger partial charge on any atom is 0.224 e. The SMILES string of the molecule is COc1cc2c(-c3ccc(NC(=O)CC4CCNCC4)cc3)ncnc2cc1OCCCN1CCN(C)CC1. The first-order chi connectivity index (χ1) is 19.1. The molecule has 3 aromatic rings. The molecule has 208 valence electrons. The molecule has 9 heteroatoms. The Labute approximate surface area is 230 Å². The van der Waals surface area contributed by atoms with E-state index < -0.39 is 0 Å². The number of benzene rings is 2. The van der Waals surface area contributed by atoms with E-state index in [1.165, 1.54) is 0 Å². The number of nitrogens with one attached hydrogen (secondary N) is 2. The zero-order valence-electron chi connectivity index (χ0n) is 23.1. The first-order valence-electron chi connectivity index (χ1n) is 14.1. The second-order valence-electron chi connectivity index (χ2n) is 10.6. The van der Waals surface area contributed by atoms with Gasteiger partial charge in [0.15, 0.2) is 11.5 Å². The molecule has 2 aromatic carbocycles. The molecule has 5 rings (SSSR count). The van der Waals surface area contributed by atoms with Crippen molar-refractivity contribution in [2.24, 2.45) is 5.92 Å². The number of carbonyl (C=O) groups is 1. The van der Waals surface area contributed by atoms with Crippen LogP contribution >= 0.6 is 0 Å². The monoisotopic (exact) mass is 532 g/mol. The first kappa shape index (κ1) is 27.3. The Balaban J connectivity index is 1.23. The van der Waals surface area contributed by atoms with Crippen LogP contribution in [0, 0.1) is 5.92 Å². The summed E-state index contributed by atoms with van der Waals surface area (Å²) in [6, 6.07) is 11.7. The number of hydrogen-bond acceptors (Lipinski definition) is 8. The summed E-state index contributed by atoms with van der Waals surface area (Å²) in [5, 5.41) is 7.28. The minimum Gasteiger partial charge on any atom is -0.493 e. The number of likely N-dealkylation sites (N-methyl/N-ethyl adjacent to an activating group) is 1. The highest BCUT2D eigenvalue weighted by atomic mass is 16.5. The molecule has 2 fully saturated rings. The van der Waals surface area contributed by atoms with E-state index in [4.69, 9.17) is 9.47 Å². The van der Waals surface area contributed by atoms with Crippen LogP contribution in [-0.4, -0.2) is 92.3 Å². The molecule has 0 radical (unpaired) electrons. The van der Waals surface area contributed by atoms with Gasteiger partial charge in [0.05, 0.1) is 24.9 Å². The van der Waals surface area contributed by atoms with Gasteiger partial charge in [-0.25, -0.2) is 9.97 Å². The lowest BCUT2D eigenvalue weighted by Crippen LogP contribution is -2.44. The molecule has 3 heterocycles. The average Bonchev–Trinajstić information content (AvgIpc) is 2.96. The number of amides is 1. The predicted octanol–water partition coefficient (Wildman–Crippen LogP) is 3.65. The molecule has 1 amide bonds. The highest BCUT2D eigenvalue weighted by molar-refractivity contribution is 5.95. The van der Waals surface area contributed by atoms with Gasteiger partial charge < -0.3 is 29.9 Å². The van der Waals surface area contributed by atoms with Gasteiger partial charge in [0.25, 0.3) is 0 Å². The van der Waals surface area contributed by atoms with Gasteiger partial charge in [0.2, 0.25) is 5.91 Å². The van der Waals surface area contributed by atoms with Crippen LogP contribution < -0.4 is 20.1 Å². The van der Waals surface area contributed by atoms with E-state index in [0.717, 1.165) is 92.9 Å². The van der Waals surface area contributed by atoms with Crippen molar-refractivity contribution in [1.82, 2.24) is 25.1 Å². The fourth-order valence-corrected chi connectivity index (χ4v) is 5.38. The molecule has 1 aromatic heterocycles. The lowest BCUT2D eigenvalue weighted by Gasteiger charge is -2.32. The molecule has 0 bridgehead atoms. The average molecular weight is 533 g/mol. The maximum absolute atomic E-state index is 12.5. The van der Waals surface area contributed by atoms with E-state index in [9.17, 15) is 4.79 Å². The number of piperidine rings is 1. The third-order valence-corrected chi connectivity index (χ3v) is 7.77. The molecular weight excluding hydrogens is 492 g/mol. The summed E-state index contributed by atoms with van der Waals surface area (Å²) < 4.78 is 11.8. The summed E-state index contributed by atoms with van der Waals surface area (Å²) >= 11 is 0. The number of piperazine rings is 1. The van der Waals surface area contributed by atoms with Crippen LogP contribution in [-0.2, 0) is 4.79 Å². The lowest BCUT2D eigenvalue weighted by molar-refractivity contribution is -0.117. The summed E-state index contributed by atoms with van der Waals surface area (Å²) in [7, 11) is 3.83. The van der Waals surface area contributed by atoms with Crippen molar-refractivity contribution in [2.45, 2.75) is 25.7 Å². The Hall–Kier alpha value is -3.27. The van der Waals surface area contributed by atoms with Gasteiger partial charge in [-0.15, -0.1) is 0 Å². The molecule has 0 unspecified atom stereocenters. The van der Waals surface area contributed by atoms with Crippen LogP contribution in [0.1, 0.15) is 25.7 Å². The fourth-order valence-electron chi connectivity index (χ4n) is 5.38. The number of rotatable bonds is 10. The minimum absolute atomic E-state index is 0.0722. The van der Waals surface area contributed by atoms with Crippen LogP contribution in [0.4, 0.5) is 5.69 Å². The van der Waals surface area contributed by atoms with Crippen molar-refractivity contribution in [1.29, 1.82) is 0 Å². The van der Waals surface area contributed by atoms with Gasteiger partial charge in [-0.2, -0.15) is 0 Å². The summed E-state index contributed by atoms with van der Waals surface area (Å²) in [5.41, 5.74) is 3.35. The van der Waals surface area contributed by atoms with E-state index in [1.54, 1.807) is 13.4 Å². The van der Waals surface area contributed by atoms with Crippen molar-refractivity contribution in [3.05, 3.63) is 42.7 Å².